The summed E-state index contributed by atoms with van der Waals surface area (Å²) in [4.78, 5) is 0. The van der Waals surface area contributed by atoms with E-state index < -0.39 is 11.7 Å². The van der Waals surface area contributed by atoms with Gasteiger partial charge in [-0.2, -0.15) is 13.2 Å². The van der Waals surface area contributed by atoms with E-state index in [-0.39, 0.29) is 6.04 Å². The monoisotopic (exact) mass is 305 g/mol. The van der Waals surface area contributed by atoms with Gasteiger partial charge in [0.1, 0.15) is 0 Å². The van der Waals surface area contributed by atoms with Crippen LogP contribution in [0.2, 0.25) is 5.02 Å². The molecule has 1 aromatic carbocycles. The molecule has 1 saturated carbocycles. The Kier molecular flexibility index (Phi) is 4.84. The Labute approximate surface area is 122 Å². The standard InChI is InChI=1S/C15H19ClF3N/c1-2-10-3-6-12(7-4-10)20-14-9-11(15(17,18)19)5-8-13(14)16/h5,8-10,12,20H,2-4,6-7H2,1H3. The molecule has 112 valence electrons. The number of benzene rings is 1. The smallest absolute Gasteiger partial charge is 0.381 e. The second-order valence-corrected chi connectivity index (χ2v) is 5.87. The van der Waals surface area contributed by atoms with Crippen molar-refractivity contribution >= 4 is 17.3 Å². The molecule has 1 nitrogen and oxygen atoms in total. The Morgan fingerprint density at radius 2 is 1.85 bits per heavy atom. The van der Waals surface area contributed by atoms with Crippen molar-refractivity contribution in [2.45, 2.75) is 51.2 Å². The van der Waals surface area contributed by atoms with Crippen LogP contribution in [0.15, 0.2) is 18.2 Å². The largest absolute Gasteiger partial charge is 0.416 e. The van der Waals surface area contributed by atoms with Crippen molar-refractivity contribution in [2.75, 3.05) is 5.32 Å². The zero-order chi connectivity index (χ0) is 14.8. The highest BCUT2D eigenvalue weighted by atomic mass is 35.5. The summed E-state index contributed by atoms with van der Waals surface area (Å²) in [5, 5.41) is 3.52. The van der Waals surface area contributed by atoms with E-state index in [0.29, 0.717) is 10.7 Å². The minimum atomic E-state index is -4.33. The zero-order valence-corrected chi connectivity index (χ0v) is 12.2. The average molecular weight is 306 g/mol. The van der Waals surface area contributed by atoms with Crippen molar-refractivity contribution in [1.29, 1.82) is 0 Å². The molecule has 0 saturated heterocycles. The number of alkyl halides is 3. The summed E-state index contributed by atoms with van der Waals surface area (Å²) in [6.07, 6.45) is 1.09. The van der Waals surface area contributed by atoms with Crippen molar-refractivity contribution in [3.05, 3.63) is 28.8 Å². The maximum absolute atomic E-state index is 12.7. The predicted octanol–water partition coefficient (Wildman–Crippen LogP) is 5.74. The molecule has 0 spiro atoms. The second kappa shape index (κ2) is 6.25. The Hall–Kier alpha value is -0.900. The van der Waals surface area contributed by atoms with Gasteiger partial charge in [0, 0.05) is 6.04 Å². The molecule has 20 heavy (non-hydrogen) atoms. The predicted molar refractivity (Wildman–Crippen MR) is 76.1 cm³/mol. The minimum absolute atomic E-state index is 0.221. The van der Waals surface area contributed by atoms with Gasteiger partial charge < -0.3 is 5.32 Å². The third-order valence-electron chi connectivity index (χ3n) is 4.08. The lowest BCUT2D eigenvalue weighted by atomic mass is 9.84. The first-order valence-corrected chi connectivity index (χ1v) is 7.41. The Morgan fingerprint density at radius 1 is 1.20 bits per heavy atom. The van der Waals surface area contributed by atoms with Gasteiger partial charge in [-0.1, -0.05) is 24.9 Å². The number of halogens is 4. The normalized spacial score (nSPS) is 23.6. The fourth-order valence-corrected chi connectivity index (χ4v) is 2.92. The highest BCUT2D eigenvalue weighted by molar-refractivity contribution is 6.33. The van der Waals surface area contributed by atoms with Gasteiger partial charge >= 0.3 is 6.18 Å². The molecular formula is C15H19ClF3N. The molecule has 0 radical (unpaired) electrons. The van der Waals surface area contributed by atoms with E-state index in [0.717, 1.165) is 43.7 Å². The van der Waals surface area contributed by atoms with Gasteiger partial charge in [-0.3, -0.25) is 0 Å². The van der Waals surface area contributed by atoms with Crippen molar-refractivity contribution in [3.63, 3.8) is 0 Å². The Bertz CT molecular complexity index is 451. The number of rotatable bonds is 3. The van der Waals surface area contributed by atoms with Gasteiger partial charge in [-0.25, -0.2) is 0 Å². The number of hydrogen-bond donors (Lipinski definition) is 1. The molecular weight excluding hydrogens is 287 g/mol. The molecule has 2 rings (SSSR count). The SMILES string of the molecule is CCC1CCC(Nc2cc(C(F)(F)F)ccc2Cl)CC1. The summed E-state index contributed by atoms with van der Waals surface area (Å²) in [6, 6.07) is 3.65. The summed E-state index contributed by atoms with van der Waals surface area (Å²) in [6.45, 7) is 2.18. The van der Waals surface area contributed by atoms with Crippen LogP contribution in [-0.2, 0) is 6.18 Å². The van der Waals surface area contributed by atoms with Crippen LogP contribution in [-0.4, -0.2) is 6.04 Å². The van der Waals surface area contributed by atoms with Crippen LogP contribution in [0.1, 0.15) is 44.6 Å². The lowest BCUT2D eigenvalue weighted by Gasteiger charge is -2.29. The molecule has 1 aliphatic rings. The molecule has 1 aliphatic carbocycles. The van der Waals surface area contributed by atoms with Crippen molar-refractivity contribution in [1.82, 2.24) is 0 Å². The molecule has 0 unspecified atom stereocenters. The van der Waals surface area contributed by atoms with Gasteiger partial charge in [-0.15, -0.1) is 0 Å². The fourth-order valence-electron chi connectivity index (χ4n) is 2.75. The van der Waals surface area contributed by atoms with Crippen molar-refractivity contribution in [3.8, 4) is 0 Å². The molecule has 0 heterocycles. The quantitative estimate of drug-likeness (QED) is 0.751. The first-order chi connectivity index (χ1) is 9.40. The highest BCUT2D eigenvalue weighted by Crippen LogP contribution is 2.35. The molecule has 0 atom stereocenters. The maximum Gasteiger partial charge on any atom is 0.416 e. The lowest BCUT2D eigenvalue weighted by Crippen LogP contribution is -2.26. The van der Waals surface area contributed by atoms with E-state index in [1.54, 1.807) is 0 Å². The minimum Gasteiger partial charge on any atom is -0.381 e. The molecule has 1 fully saturated rings. The molecule has 1 aromatic rings. The molecule has 0 amide bonds. The molecule has 0 bridgehead atoms. The molecule has 1 N–H and O–H groups in total. The summed E-state index contributed by atoms with van der Waals surface area (Å²) in [5.74, 6) is 0.755. The molecule has 0 aromatic heterocycles. The van der Waals surface area contributed by atoms with Crippen LogP contribution in [0.3, 0.4) is 0 Å². The summed E-state index contributed by atoms with van der Waals surface area (Å²) < 4.78 is 38.1. The summed E-state index contributed by atoms with van der Waals surface area (Å²) in [7, 11) is 0. The van der Waals surface area contributed by atoms with E-state index in [4.69, 9.17) is 11.6 Å². The first-order valence-electron chi connectivity index (χ1n) is 7.03. The summed E-state index contributed by atoms with van der Waals surface area (Å²) in [5.41, 5.74) is -0.270. The van der Waals surface area contributed by atoms with Gasteiger partial charge in [0.05, 0.1) is 16.3 Å². The van der Waals surface area contributed by atoms with Crippen LogP contribution in [0.25, 0.3) is 0 Å². The zero-order valence-electron chi connectivity index (χ0n) is 11.4. The van der Waals surface area contributed by atoms with E-state index in [1.165, 1.54) is 12.5 Å². The third kappa shape index (κ3) is 3.81. The van der Waals surface area contributed by atoms with Gasteiger partial charge in [0.15, 0.2) is 0 Å². The Morgan fingerprint density at radius 3 is 2.40 bits per heavy atom. The van der Waals surface area contributed by atoms with Crippen molar-refractivity contribution < 1.29 is 13.2 Å². The first kappa shape index (κ1) is 15.5. The van der Waals surface area contributed by atoms with Crippen LogP contribution >= 0.6 is 11.6 Å². The highest BCUT2D eigenvalue weighted by Gasteiger charge is 2.31. The average Bonchev–Trinajstić information content (AvgIpc) is 2.41. The second-order valence-electron chi connectivity index (χ2n) is 5.46. The third-order valence-corrected chi connectivity index (χ3v) is 4.41. The topological polar surface area (TPSA) is 12.0 Å². The fraction of sp³-hybridized carbons (Fsp3) is 0.600. The number of hydrogen-bond acceptors (Lipinski definition) is 1. The molecule has 5 heteroatoms. The lowest BCUT2D eigenvalue weighted by molar-refractivity contribution is -0.137. The van der Waals surface area contributed by atoms with Crippen LogP contribution in [0.4, 0.5) is 18.9 Å². The van der Waals surface area contributed by atoms with E-state index in [1.807, 2.05) is 0 Å². The van der Waals surface area contributed by atoms with E-state index in [2.05, 4.69) is 12.2 Å². The number of nitrogens with one attached hydrogen (secondary N) is 1. The van der Waals surface area contributed by atoms with Crippen LogP contribution in [0.5, 0.6) is 0 Å². The number of anilines is 1. The summed E-state index contributed by atoms with van der Waals surface area (Å²) >= 11 is 5.99. The maximum atomic E-state index is 12.7. The van der Waals surface area contributed by atoms with E-state index in [9.17, 15) is 13.2 Å². The molecule has 0 aliphatic heterocycles. The van der Waals surface area contributed by atoms with Gasteiger partial charge in [-0.05, 0) is 49.8 Å². The van der Waals surface area contributed by atoms with Crippen molar-refractivity contribution in [2.24, 2.45) is 5.92 Å². The van der Waals surface area contributed by atoms with Crippen LogP contribution in [0, 0.1) is 5.92 Å². The van der Waals surface area contributed by atoms with E-state index >= 15 is 0 Å². The van der Waals surface area contributed by atoms with Crippen LogP contribution < -0.4 is 5.32 Å². The van der Waals surface area contributed by atoms with Gasteiger partial charge in [0.25, 0.3) is 0 Å². The van der Waals surface area contributed by atoms with Gasteiger partial charge in [0.2, 0.25) is 0 Å². The Balaban J connectivity index is 2.06.